The Morgan fingerprint density at radius 2 is 1.91 bits per heavy atom. The Kier molecular flexibility index (Phi) is 2.76. The second-order valence-electron chi connectivity index (χ2n) is 6.29. The van der Waals surface area contributed by atoms with E-state index in [0.29, 0.717) is 5.69 Å². The van der Waals surface area contributed by atoms with Crippen molar-refractivity contribution in [2.24, 2.45) is 23.7 Å². The van der Waals surface area contributed by atoms with Gasteiger partial charge in [-0.1, -0.05) is 0 Å². The van der Waals surface area contributed by atoms with Gasteiger partial charge in [-0.3, -0.25) is 9.59 Å². The van der Waals surface area contributed by atoms with E-state index in [-0.39, 0.29) is 47.2 Å². The molecule has 2 aliphatic carbocycles. The van der Waals surface area contributed by atoms with Gasteiger partial charge in [0.2, 0.25) is 5.91 Å². The van der Waals surface area contributed by atoms with E-state index in [1.807, 2.05) is 0 Å². The summed E-state index contributed by atoms with van der Waals surface area (Å²) < 4.78 is 5.33. The number of hydrogen-bond acceptors (Lipinski definition) is 4. The summed E-state index contributed by atoms with van der Waals surface area (Å²) in [6.45, 7) is 0. The number of benzene rings is 1. The van der Waals surface area contributed by atoms with Crippen molar-refractivity contribution in [3.05, 3.63) is 29.8 Å². The molecule has 6 nitrogen and oxygen atoms in total. The molecule has 1 aliphatic heterocycles. The quantitative estimate of drug-likeness (QED) is 0.826. The van der Waals surface area contributed by atoms with Crippen LogP contribution >= 0.6 is 0 Å². The number of esters is 1. The van der Waals surface area contributed by atoms with Crippen LogP contribution in [0.4, 0.5) is 5.69 Å². The summed E-state index contributed by atoms with van der Waals surface area (Å²) >= 11 is 0. The molecule has 1 heterocycles. The van der Waals surface area contributed by atoms with Gasteiger partial charge in [0.05, 0.1) is 17.4 Å². The average molecular weight is 301 g/mol. The molecule has 0 unspecified atom stereocenters. The lowest BCUT2D eigenvalue weighted by Crippen LogP contribution is -2.35. The van der Waals surface area contributed by atoms with Crippen LogP contribution in [0, 0.1) is 23.7 Å². The molecule has 2 saturated carbocycles. The van der Waals surface area contributed by atoms with Crippen LogP contribution in [0.2, 0.25) is 0 Å². The molecule has 0 spiro atoms. The SMILES string of the molecule is O=C(O)c1ccc(NC(=O)[C@@H]2[C@@H]3C[C@@H]4[C@@H]2C(=O)O[C@@H]4C3)cc1. The van der Waals surface area contributed by atoms with Gasteiger partial charge in [0.25, 0.3) is 0 Å². The first-order valence-corrected chi connectivity index (χ1v) is 7.39. The molecule has 3 fully saturated rings. The molecule has 1 aromatic rings. The summed E-state index contributed by atoms with van der Waals surface area (Å²) in [7, 11) is 0. The van der Waals surface area contributed by atoms with Crippen LogP contribution in [0.15, 0.2) is 24.3 Å². The Balaban J connectivity index is 1.51. The highest BCUT2D eigenvalue weighted by atomic mass is 16.6. The van der Waals surface area contributed by atoms with Gasteiger partial charge in [0, 0.05) is 11.6 Å². The first kappa shape index (κ1) is 13.3. The van der Waals surface area contributed by atoms with E-state index in [9.17, 15) is 14.4 Å². The first-order valence-electron chi connectivity index (χ1n) is 7.39. The van der Waals surface area contributed by atoms with Crippen LogP contribution in [0.1, 0.15) is 23.2 Å². The second-order valence-corrected chi connectivity index (χ2v) is 6.29. The van der Waals surface area contributed by atoms with E-state index in [1.54, 1.807) is 12.1 Å². The monoisotopic (exact) mass is 301 g/mol. The Hall–Kier alpha value is -2.37. The highest BCUT2D eigenvalue weighted by Gasteiger charge is 2.63. The van der Waals surface area contributed by atoms with Gasteiger partial charge in [-0.2, -0.15) is 0 Å². The standard InChI is InChI=1S/C16H15NO5/c18-14(17-9-3-1-7(2-4-9)15(19)20)12-8-5-10-11(6-8)22-16(21)13(10)12/h1-4,8,10-13H,5-6H2,(H,17,18)(H,19,20)/t8-,10+,11-,12-,13+/m1/s1. The number of carbonyl (C=O) groups excluding carboxylic acids is 2. The number of amides is 1. The highest BCUT2D eigenvalue weighted by Crippen LogP contribution is 2.57. The van der Waals surface area contributed by atoms with E-state index in [0.717, 1.165) is 12.8 Å². The Bertz CT molecular complexity index is 666. The maximum absolute atomic E-state index is 12.5. The predicted molar refractivity (Wildman–Crippen MR) is 75.1 cm³/mol. The summed E-state index contributed by atoms with van der Waals surface area (Å²) in [6, 6.07) is 6.01. The molecule has 2 bridgehead atoms. The molecule has 1 saturated heterocycles. The Labute approximate surface area is 126 Å². The predicted octanol–water partition coefficient (Wildman–Crippen LogP) is 1.52. The number of aromatic carboxylic acids is 1. The number of carboxylic acid groups (broad SMARTS) is 1. The van der Waals surface area contributed by atoms with Crippen LogP contribution in [0.3, 0.4) is 0 Å². The minimum Gasteiger partial charge on any atom is -0.478 e. The van der Waals surface area contributed by atoms with Gasteiger partial charge in [0.15, 0.2) is 0 Å². The van der Waals surface area contributed by atoms with Gasteiger partial charge >= 0.3 is 11.9 Å². The largest absolute Gasteiger partial charge is 0.478 e. The van der Waals surface area contributed by atoms with Crippen molar-refractivity contribution < 1.29 is 24.2 Å². The number of carboxylic acids is 1. The van der Waals surface area contributed by atoms with Crippen molar-refractivity contribution in [3.8, 4) is 0 Å². The molecule has 1 aromatic carbocycles. The van der Waals surface area contributed by atoms with Crippen LogP contribution in [-0.2, 0) is 14.3 Å². The fourth-order valence-corrected chi connectivity index (χ4v) is 4.28. The maximum Gasteiger partial charge on any atom is 0.335 e. The topological polar surface area (TPSA) is 92.7 Å². The molecule has 22 heavy (non-hydrogen) atoms. The zero-order valence-electron chi connectivity index (χ0n) is 11.7. The lowest BCUT2D eigenvalue weighted by Gasteiger charge is -2.23. The summed E-state index contributed by atoms with van der Waals surface area (Å²) in [4.78, 5) is 35.2. The number of hydrogen-bond donors (Lipinski definition) is 2. The van der Waals surface area contributed by atoms with Crippen molar-refractivity contribution in [1.82, 2.24) is 0 Å². The third-order valence-corrected chi connectivity index (χ3v) is 5.19. The summed E-state index contributed by atoms with van der Waals surface area (Å²) in [6.07, 6.45) is 1.68. The highest BCUT2D eigenvalue weighted by molar-refractivity contribution is 5.97. The van der Waals surface area contributed by atoms with Gasteiger partial charge in [-0.15, -0.1) is 0 Å². The molecule has 114 valence electrons. The van der Waals surface area contributed by atoms with Crippen molar-refractivity contribution in [1.29, 1.82) is 0 Å². The number of carbonyl (C=O) groups is 3. The average Bonchev–Trinajstić information content (AvgIpc) is 3.09. The number of fused-ring (bicyclic) bond motifs is 1. The molecular formula is C16H15NO5. The fraction of sp³-hybridized carbons (Fsp3) is 0.438. The van der Waals surface area contributed by atoms with Crippen molar-refractivity contribution in [2.45, 2.75) is 18.9 Å². The molecule has 5 atom stereocenters. The number of ether oxygens (including phenoxy) is 1. The van der Waals surface area contributed by atoms with Gasteiger partial charge in [-0.25, -0.2) is 4.79 Å². The molecule has 4 rings (SSSR count). The van der Waals surface area contributed by atoms with E-state index >= 15 is 0 Å². The van der Waals surface area contributed by atoms with E-state index < -0.39 is 5.97 Å². The van der Waals surface area contributed by atoms with Crippen LogP contribution in [-0.4, -0.2) is 29.1 Å². The minimum atomic E-state index is -1.01. The Morgan fingerprint density at radius 1 is 1.18 bits per heavy atom. The third-order valence-electron chi connectivity index (χ3n) is 5.19. The molecule has 2 N–H and O–H groups in total. The number of nitrogens with one attached hydrogen (secondary N) is 1. The van der Waals surface area contributed by atoms with E-state index in [2.05, 4.69) is 5.32 Å². The van der Waals surface area contributed by atoms with Crippen molar-refractivity contribution in [3.63, 3.8) is 0 Å². The van der Waals surface area contributed by atoms with E-state index in [4.69, 9.17) is 9.84 Å². The lowest BCUT2D eigenvalue weighted by molar-refractivity contribution is -0.145. The minimum absolute atomic E-state index is 0.0152. The van der Waals surface area contributed by atoms with Crippen molar-refractivity contribution >= 4 is 23.5 Å². The maximum atomic E-state index is 12.5. The zero-order chi connectivity index (χ0) is 15.4. The van der Waals surface area contributed by atoms with E-state index in [1.165, 1.54) is 12.1 Å². The smallest absolute Gasteiger partial charge is 0.335 e. The van der Waals surface area contributed by atoms with Crippen LogP contribution in [0.25, 0.3) is 0 Å². The second kappa shape index (κ2) is 4.56. The first-order chi connectivity index (χ1) is 10.5. The summed E-state index contributed by atoms with van der Waals surface area (Å²) in [5.74, 6) is -1.63. The normalized spacial score (nSPS) is 34.5. The molecule has 6 heteroatoms. The van der Waals surface area contributed by atoms with Crippen LogP contribution in [0.5, 0.6) is 0 Å². The summed E-state index contributed by atoms with van der Waals surface area (Å²) in [5.41, 5.74) is 0.709. The Morgan fingerprint density at radius 3 is 2.59 bits per heavy atom. The third kappa shape index (κ3) is 1.83. The molecular weight excluding hydrogens is 286 g/mol. The van der Waals surface area contributed by atoms with Gasteiger partial charge in [0.1, 0.15) is 6.10 Å². The molecule has 0 aromatic heterocycles. The van der Waals surface area contributed by atoms with Crippen molar-refractivity contribution in [2.75, 3.05) is 5.32 Å². The van der Waals surface area contributed by atoms with Gasteiger partial charge < -0.3 is 15.2 Å². The number of anilines is 1. The molecule has 0 radical (unpaired) electrons. The zero-order valence-corrected chi connectivity index (χ0v) is 11.7. The van der Waals surface area contributed by atoms with Crippen LogP contribution < -0.4 is 5.32 Å². The fourth-order valence-electron chi connectivity index (χ4n) is 4.28. The summed E-state index contributed by atoms with van der Waals surface area (Å²) in [5, 5.41) is 11.7. The molecule has 3 aliphatic rings. The number of rotatable bonds is 3. The molecule has 1 amide bonds. The lowest BCUT2D eigenvalue weighted by atomic mass is 9.79. The van der Waals surface area contributed by atoms with Gasteiger partial charge in [-0.05, 0) is 43.0 Å².